The maximum absolute atomic E-state index is 14.4. The van der Waals surface area contributed by atoms with Crippen molar-refractivity contribution >= 4 is 46.5 Å². The van der Waals surface area contributed by atoms with Crippen molar-refractivity contribution in [2.45, 2.75) is 17.4 Å². The van der Waals surface area contributed by atoms with Crippen molar-refractivity contribution in [2.24, 2.45) is 5.16 Å². The zero-order chi connectivity index (χ0) is 20.3. The molecule has 1 amide bonds. The van der Waals surface area contributed by atoms with Crippen LogP contribution in [0.3, 0.4) is 0 Å². The van der Waals surface area contributed by atoms with Crippen LogP contribution in [-0.4, -0.2) is 29.5 Å². The summed E-state index contributed by atoms with van der Waals surface area (Å²) in [7, 11) is 1.22. The number of oxime groups is 1. The van der Waals surface area contributed by atoms with Gasteiger partial charge in [0, 0.05) is 17.7 Å². The summed E-state index contributed by atoms with van der Waals surface area (Å²) < 4.78 is 19.1. The molecule has 0 saturated heterocycles. The number of hydrogen-bond donors (Lipinski definition) is 1. The first-order valence-electron chi connectivity index (χ1n) is 8.19. The standard InChI is InChI=1S/C19H15Cl2FN2O4/c1-27-19(26)12-6-3-7-13(22)16(12)14-9-15(28-24-14)10-4-2-5-11(8-10)23-18(25)17(20)21/h2-8,15,17H,9H2,1H3,(H,23,25). The van der Waals surface area contributed by atoms with Crippen molar-refractivity contribution in [1.82, 2.24) is 0 Å². The molecule has 0 aromatic heterocycles. The lowest BCUT2D eigenvalue weighted by Crippen LogP contribution is -2.18. The van der Waals surface area contributed by atoms with Crippen molar-refractivity contribution in [3.63, 3.8) is 0 Å². The minimum atomic E-state index is -1.20. The largest absolute Gasteiger partial charge is 0.465 e. The fraction of sp³-hybridized carbons (Fsp3) is 0.211. The molecule has 1 unspecified atom stereocenters. The van der Waals surface area contributed by atoms with Gasteiger partial charge in [-0.05, 0) is 29.8 Å². The Kier molecular flexibility index (Phi) is 6.16. The predicted molar refractivity (Wildman–Crippen MR) is 103 cm³/mol. The highest BCUT2D eigenvalue weighted by Gasteiger charge is 2.29. The SMILES string of the molecule is COC(=O)c1cccc(F)c1C1=NOC(c2cccc(NC(=O)C(Cl)Cl)c2)C1. The van der Waals surface area contributed by atoms with Gasteiger partial charge in [0.05, 0.1) is 18.4 Å². The van der Waals surface area contributed by atoms with Gasteiger partial charge in [0.2, 0.25) is 0 Å². The van der Waals surface area contributed by atoms with Crippen LogP contribution in [-0.2, 0) is 14.4 Å². The first-order chi connectivity index (χ1) is 13.4. The van der Waals surface area contributed by atoms with Crippen molar-refractivity contribution in [1.29, 1.82) is 0 Å². The molecule has 2 aromatic carbocycles. The van der Waals surface area contributed by atoms with Crippen molar-refractivity contribution < 1.29 is 23.6 Å². The van der Waals surface area contributed by atoms with E-state index in [0.717, 1.165) is 0 Å². The number of ether oxygens (including phenoxy) is 1. The van der Waals surface area contributed by atoms with Crippen LogP contribution in [0.25, 0.3) is 0 Å². The van der Waals surface area contributed by atoms with Crippen LogP contribution >= 0.6 is 23.2 Å². The highest BCUT2D eigenvalue weighted by molar-refractivity contribution is 6.54. The molecule has 0 aliphatic carbocycles. The summed E-state index contributed by atoms with van der Waals surface area (Å²) >= 11 is 11.1. The maximum Gasteiger partial charge on any atom is 0.338 e. The topological polar surface area (TPSA) is 77.0 Å². The summed E-state index contributed by atoms with van der Waals surface area (Å²) in [5.74, 6) is -1.82. The van der Waals surface area contributed by atoms with E-state index in [1.807, 2.05) is 0 Å². The normalized spacial score (nSPS) is 15.8. The highest BCUT2D eigenvalue weighted by Crippen LogP contribution is 2.32. The van der Waals surface area contributed by atoms with Gasteiger partial charge in [-0.3, -0.25) is 4.79 Å². The maximum atomic E-state index is 14.4. The van der Waals surface area contributed by atoms with Crippen LogP contribution in [0.4, 0.5) is 10.1 Å². The molecule has 6 nitrogen and oxygen atoms in total. The minimum absolute atomic E-state index is 0.0495. The molecule has 0 radical (unpaired) electrons. The second-order valence-electron chi connectivity index (χ2n) is 5.91. The lowest BCUT2D eigenvalue weighted by atomic mass is 9.96. The molecule has 1 aliphatic heterocycles. The zero-order valence-electron chi connectivity index (χ0n) is 14.6. The Bertz CT molecular complexity index is 949. The van der Waals surface area contributed by atoms with Gasteiger partial charge >= 0.3 is 5.97 Å². The summed E-state index contributed by atoms with van der Waals surface area (Å²) in [6, 6.07) is 11.0. The second-order valence-corrected chi connectivity index (χ2v) is 7.00. The van der Waals surface area contributed by atoms with Gasteiger partial charge < -0.3 is 14.9 Å². The molecule has 9 heteroatoms. The van der Waals surface area contributed by atoms with Crippen LogP contribution in [0.2, 0.25) is 0 Å². The number of carbonyl (C=O) groups is 2. The molecule has 1 N–H and O–H groups in total. The molecule has 28 heavy (non-hydrogen) atoms. The number of benzene rings is 2. The van der Waals surface area contributed by atoms with Crippen molar-refractivity contribution in [3.05, 3.63) is 65.0 Å². The van der Waals surface area contributed by atoms with Crippen LogP contribution < -0.4 is 5.32 Å². The predicted octanol–water partition coefficient (Wildman–Crippen LogP) is 4.22. The number of halogens is 3. The van der Waals surface area contributed by atoms with Gasteiger partial charge in [0.25, 0.3) is 5.91 Å². The summed E-state index contributed by atoms with van der Waals surface area (Å²) in [6.07, 6.45) is -0.282. The fourth-order valence-electron chi connectivity index (χ4n) is 2.81. The Hall–Kier alpha value is -2.64. The summed E-state index contributed by atoms with van der Waals surface area (Å²) in [5, 5.41) is 6.53. The Morgan fingerprint density at radius 2 is 2.04 bits per heavy atom. The molecule has 3 rings (SSSR count). The Morgan fingerprint density at radius 3 is 2.75 bits per heavy atom. The third-order valence-electron chi connectivity index (χ3n) is 4.10. The molecule has 0 fully saturated rings. The number of carbonyl (C=O) groups excluding carboxylic acids is 2. The van der Waals surface area contributed by atoms with Gasteiger partial charge in [-0.25, -0.2) is 9.18 Å². The second kappa shape index (κ2) is 8.58. The number of amides is 1. The lowest BCUT2D eigenvalue weighted by molar-refractivity contribution is -0.114. The average Bonchev–Trinajstić information content (AvgIpc) is 3.17. The van der Waals surface area contributed by atoms with E-state index in [0.29, 0.717) is 17.0 Å². The van der Waals surface area contributed by atoms with Gasteiger partial charge in [-0.1, -0.05) is 46.6 Å². The molecule has 2 aromatic rings. The summed E-state index contributed by atoms with van der Waals surface area (Å²) in [4.78, 5) is 27.8. The van der Waals surface area contributed by atoms with Crippen LogP contribution in [0, 0.1) is 5.82 Å². The first-order valence-corrected chi connectivity index (χ1v) is 9.07. The van der Waals surface area contributed by atoms with E-state index in [2.05, 4.69) is 10.5 Å². The van der Waals surface area contributed by atoms with Crippen LogP contribution in [0.15, 0.2) is 47.6 Å². The number of anilines is 1. The molecule has 146 valence electrons. The van der Waals surface area contributed by atoms with E-state index in [-0.39, 0.29) is 17.5 Å². The molecule has 0 spiro atoms. The fourth-order valence-corrected chi connectivity index (χ4v) is 2.92. The number of methoxy groups -OCH3 is 1. The Morgan fingerprint density at radius 1 is 1.29 bits per heavy atom. The van der Waals surface area contributed by atoms with E-state index in [9.17, 15) is 14.0 Å². The van der Waals surface area contributed by atoms with E-state index in [1.54, 1.807) is 24.3 Å². The lowest BCUT2D eigenvalue weighted by Gasteiger charge is -2.12. The summed E-state index contributed by atoms with van der Waals surface area (Å²) in [6.45, 7) is 0. The molecular formula is C19H15Cl2FN2O4. The van der Waals surface area contributed by atoms with Gasteiger partial charge in [-0.2, -0.15) is 0 Å². The van der Waals surface area contributed by atoms with E-state index in [4.69, 9.17) is 32.8 Å². The van der Waals surface area contributed by atoms with Gasteiger partial charge in [0.15, 0.2) is 10.9 Å². The Balaban J connectivity index is 1.82. The Labute approximate surface area is 170 Å². The number of esters is 1. The van der Waals surface area contributed by atoms with Crippen LogP contribution in [0.1, 0.15) is 34.0 Å². The minimum Gasteiger partial charge on any atom is -0.465 e. The highest BCUT2D eigenvalue weighted by atomic mass is 35.5. The molecular weight excluding hydrogens is 410 g/mol. The number of nitrogens with zero attached hydrogens (tertiary/aromatic N) is 1. The number of hydrogen-bond acceptors (Lipinski definition) is 5. The van der Waals surface area contributed by atoms with E-state index >= 15 is 0 Å². The third-order valence-corrected chi connectivity index (χ3v) is 4.50. The third kappa shape index (κ3) is 4.26. The monoisotopic (exact) mass is 424 g/mol. The van der Waals surface area contributed by atoms with Gasteiger partial charge in [0.1, 0.15) is 5.82 Å². The number of rotatable bonds is 5. The van der Waals surface area contributed by atoms with Crippen molar-refractivity contribution in [3.8, 4) is 0 Å². The van der Waals surface area contributed by atoms with Crippen molar-refractivity contribution in [2.75, 3.05) is 12.4 Å². The van der Waals surface area contributed by atoms with E-state index in [1.165, 1.54) is 25.3 Å². The molecule has 0 saturated carbocycles. The van der Waals surface area contributed by atoms with Crippen LogP contribution in [0.5, 0.6) is 0 Å². The first kappa shape index (κ1) is 20.1. The molecule has 0 bridgehead atoms. The molecule has 1 heterocycles. The number of nitrogens with one attached hydrogen (secondary N) is 1. The average molecular weight is 425 g/mol. The molecule has 1 aliphatic rings. The quantitative estimate of drug-likeness (QED) is 0.575. The van der Waals surface area contributed by atoms with E-state index < -0.39 is 28.6 Å². The van der Waals surface area contributed by atoms with Gasteiger partial charge in [-0.15, -0.1) is 0 Å². The smallest absolute Gasteiger partial charge is 0.338 e. The molecule has 1 atom stereocenters. The summed E-state index contributed by atoms with van der Waals surface area (Å²) in [5.41, 5.74) is 1.59. The number of alkyl halides is 2. The zero-order valence-corrected chi connectivity index (χ0v) is 16.1.